The summed E-state index contributed by atoms with van der Waals surface area (Å²) in [6.45, 7) is 4.43. The number of rotatable bonds is 4. The van der Waals surface area contributed by atoms with Gasteiger partial charge in [0.2, 0.25) is 0 Å². The zero-order chi connectivity index (χ0) is 15.5. The summed E-state index contributed by atoms with van der Waals surface area (Å²) >= 11 is 1.70. The van der Waals surface area contributed by atoms with Gasteiger partial charge >= 0.3 is 0 Å². The molecule has 0 amide bonds. The van der Waals surface area contributed by atoms with Crippen molar-refractivity contribution in [3.63, 3.8) is 0 Å². The molecule has 0 aliphatic rings. The van der Waals surface area contributed by atoms with Crippen LogP contribution < -0.4 is 5.73 Å². The highest BCUT2D eigenvalue weighted by Crippen LogP contribution is 2.25. The Hall–Kier alpha value is -2.13. The van der Waals surface area contributed by atoms with Crippen molar-refractivity contribution in [3.05, 3.63) is 70.0 Å². The SMILES string of the molecule is CC(C)c1ccc(Cc2nc(-c3cccc(N)c3)cs2)cc1. The summed E-state index contributed by atoms with van der Waals surface area (Å²) in [5.74, 6) is 0.573. The van der Waals surface area contributed by atoms with Crippen LogP contribution in [0.4, 0.5) is 5.69 Å². The molecule has 0 saturated carbocycles. The molecule has 22 heavy (non-hydrogen) atoms. The minimum Gasteiger partial charge on any atom is -0.399 e. The van der Waals surface area contributed by atoms with Crippen LogP contribution in [0.1, 0.15) is 35.9 Å². The summed E-state index contributed by atoms with van der Waals surface area (Å²) in [4.78, 5) is 4.74. The van der Waals surface area contributed by atoms with Gasteiger partial charge in [-0.05, 0) is 29.2 Å². The molecule has 0 aliphatic carbocycles. The quantitative estimate of drug-likeness (QED) is 0.680. The first-order valence-electron chi connectivity index (χ1n) is 7.51. The molecule has 0 saturated heterocycles. The van der Waals surface area contributed by atoms with Crippen molar-refractivity contribution in [2.75, 3.05) is 5.73 Å². The van der Waals surface area contributed by atoms with Gasteiger partial charge in [0, 0.05) is 23.1 Å². The highest BCUT2D eigenvalue weighted by Gasteiger charge is 2.06. The smallest absolute Gasteiger partial charge is 0.0976 e. The Balaban J connectivity index is 1.77. The molecule has 1 aromatic heterocycles. The maximum Gasteiger partial charge on any atom is 0.0976 e. The Morgan fingerprint density at radius 3 is 2.55 bits per heavy atom. The molecule has 0 atom stereocenters. The molecule has 3 heteroatoms. The van der Waals surface area contributed by atoms with Crippen LogP contribution in [0.15, 0.2) is 53.9 Å². The fourth-order valence-electron chi connectivity index (χ4n) is 2.42. The van der Waals surface area contributed by atoms with Gasteiger partial charge < -0.3 is 5.73 Å². The molecule has 112 valence electrons. The van der Waals surface area contributed by atoms with Gasteiger partial charge in [-0.25, -0.2) is 4.98 Å². The summed E-state index contributed by atoms with van der Waals surface area (Å²) in [5.41, 5.74) is 11.4. The first-order valence-corrected chi connectivity index (χ1v) is 8.39. The van der Waals surface area contributed by atoms with Gasteiger partial charge in [0.1, 0.15) is 0 Å². The lowest BCUT2D eigenvalue weighted by Crippen LogP contribution is -1.91. The van der Waals surface area contributed by atoms with E-state index in [1.54, 1.807) is 11.3 Å². The number of anilines is 1. The van der Waals surface area contributed by atoms with Crippen LogP contribution in [-0.2, 0) is 6.42 Å². The van der Waals surface area contributed by atoms with Gasteiger partial charge in [-0.15, -0.1) is 11.3 Å². The molecule has 2 aromatic carbocycles. The molecule has 2 nitrogen and oxygen atoms in total. The molecule has 1 heterocycles. The van der Waals surface area contributed by atoms with Crippen LogP contribution in [0.25, 0.3) is 11.3 Å². The van der Waals surface area contributed by atoms with E-state index < -0.39 is 0 Å². The third-order valence-electron chi connectivity index (χ3n) is 3.74. The normalized spacial score (nSPS) is 11.0. The number of benzene rings is 2. The van der Waals surface area contributed by atoms with Crippen LogP contribution in [-0.4, -0.2) is 4.98 Å². The number of nitrogens with zero attached hydrogens (tertiary/aromatic N) is 1. The topological polar surface area (TPSA) is 38.9 Å². The number of nitrogen functional groups attached to an aromatic ring is 1. The fraction of sp³-hybridized carbons (Fsp3) is 0.211. The average molecular weight is 308 g/mol. The molecule has 2 N–H and O–H groups in total. The zero-order valence-electron chi connectivity index (χ0n) is 12.9. The second kappa shape index (κ2) is 6.32. The molecule has 3 aromatic rings. The van der Waals surface area contributed by atoms with Gasteiger partial charge in [-0.1, -0.05) is 50.2 Å². The van der Waals surface area contributed by atoms with Gasteiger partial charge in [0.15, 0.2) is 0 Å². The fourth-order valence-corrected chi connectivity index (χ4v) is 3.26. The summed E-state index contributed by atoms with van der Waals surface area (Å²) < 4.78 is 0. The highest BCUT2D eigenvalue weighted by molar-refractivity contribution is 7.10. The van der Waals surface area contributed by atoms with Crippen molar-refractivity contribution < 1.29 is 0 Å². The number of aromatic nitrogens is 1. The summed E-state index contributed by atoms with van der Waals surface area (Å²) in [6.07, 6.45) is 0.880. The first-order chi connectivity index (χ1) is 10.6. The third-order valence-corrected chi connectivity index (χ3v) is 4.58. The standard InChI is InChI=1S/C19H20N2S/c1-13(2)15-8-6-14(7-9-15)10-19-21-18(12-22-19)16-4-3-5-17(20)11-16/h3-9,11-13H,10,20H2,1-2H3. The second-order valence-electron chi connectivity index (χ2n) is 5.83. The van der Waals surface area contributed by atoms with E-state index in [-0.39, 0.29) is 0 Å². The first kappa shape index (κ1) is 14.8. The molecular formula is C19H20N2S. The third kappa shape index (κ3) is 3.37. The van der Waals surface area contributed by atoms with Crippen LogP contribution in [0.3, 0.4) is 0 Å². The molecule has 0 bridgehead atoms. The Morgan fingerprint density at radius 1 is 1.09 bits per heavy atom. The molecule has 3 rings (SSSR count). The van der Waals surface area contributed by atoms with E-state index in [0.717, 1.165) is 28.4 Å². The summed E-state index contributed by atoms with van der Waals surface area (Å²) in [5, 5.41) is 3.24. The zero-order valence-corrected chi connectivity index (χ0v) is 13.7. The van der Waals surface area contributed by atoms with E-state index in [1.165, 1.54) is 11.1 Å². The van der Waals surface area contributed by atoms with Gasteiger partial charge in [-0.2, -0.15) is 0 Å². The van der Waals surface area contributed by atoms with E-state index in [4.69, 9.17) is 10.7 Å². The maximum absolute atomic E-state index is 5.84. The van der Waals surface area contributed by atoms with E-state index in [9.17, 15) is 0 Å². The molecule has 0 radical (unpaired) electrons. The lowest BCUT2D eigenvalue weighted by atomic mass is 10.0. The largest absolute Gasteiger partial charge is 0.399 e. The lowest BCUT2D eigenvalue weighted by molar-refractivity contribution is 0.865. The Morgan fingerprint density at radius 2 is 1.86 bits per heavy atom. The van der Waals surface area contributed by atoms with E-state index in [2.05, 4.69) is 43.5 Å². The maximum atomic E-state index is 5.84. The Kier molecular flexibility index (Phi) is 4.25. The van der Waals surface area contributed by atoms with Crippen LogP contribution in [0, 0.1) is 0 Å². The minimum absolute atomic E-state index is 0.573. The molecule has 0 aliphatic heterocycles. The van der Waals surface area contributed by atoms with Gasteiger partial charge in [-0.3, -0.25) is 0 Å². The second-order valence-corrected chi connectivity index (χ2v) is 6.77. The van der Waals surface area contributed by atoms with Crippen molar-refractivity contribution in [1.29, 1.82) is 0 Å². The molecule has 0 spiro atoms. The molecular weight excluding hydrogens is 288 g/mol. The van der Waals surface area contributed by atoms with Crippen molar-refractivity contribution in [2.24, 2.45) is 0 Å². The summed E-state index contributed by atoms with van der Waals surface area (Å²) in [7, 11) is 0. The van der Waals surface area contributed by atoms with Crippen LogP contribution in [0.2, 0.25) is 0 Å². The van der Waals surface area contributed by atoms with E-state index >= 15 is 0 Å². The highest BCUT2D eigenvalue weighted by atomic mass is 32.1. The lowest BCUT2D eigenvalue weighted by Gasteiger charge is -2.05. The van der Waals surface area contributed by atoms with Crippen molar-refractivity contribution >= 4 is 17.0 Å². The minimum atomic E-state index is 0.573. The summed E-state index contributed by atoms with van der Waals surface area (Å²) in [6, 6.07) is 16.7. The molecule has 0 fully saturated rings. The van der Waals surface area contributed by atoms with Crippen molar-refractivity contribution in [1.82, 2.24) is 4.98 Å². The van der Waals surface area contributed by atoms with Gasteiger partial charge in [0.05, 0.1) is 10.7 Å². The predicted octanol–water partition coefficient (Wildman–Crippen LogP) is 5.11. The Bertz CT molecular complexity index is 757. The van der Waals surface area contributed by atoms with E-state index in [0.29, 0.717) is 5.92 Å². The van der Waals surface area contributed by atoms with E-state index in [1.807, 2.05) is 24.3 Å². The predicted molar refractivity (Wildman–Crippen MR) is 95.3 cm³/mol. The number of nitrogens with two attached hydrogens (primary N) is 1. The monoisotopic (exact) mass is 308 g/mol. The van der Waals surface area contributed by atoms with Crippen molar-refractivity contribution in [3.8, 4) is 11.3 Å². The average Bonchev–Trinajstić information content (AvgIpc) is 2.96. The number of thiazole rings is 1. The molecule has 0 unspecified atom stereocenters. The Labute approximate surface area is 135 Å². The van der Waals surface area contributed by atoms with Gasteiger partial charge in [0.25, 0.3) is 0 Å². The number of hydrogen-bond acceptors (Lipinski definition) is 3. The van der Waals surface area contributed by atoms with Crippen LogP contribution >= 0.6 is 11.3 Å². The van der Waals surface area contributed by atoms with Crippen molar-refractivity contribution in [2.45, 2.75) is 26.2 Å². The number of hydrogen-bond donors (Lipinski definition) is 1. The van der Waals surface area contributed by atoms with Crippen LogP contribution in [0.5, 0.6) is 0 Å².